The second-order valence-electron chi connectivity index (χ2n) is 8.39. The summed E-state index contributed by atoms with van der Waals surface area (Å²) in [4.78, 5) is 20.2. The minimum absolute atomic E-state index is 0.0849. The second-order valence-corrected chi connectivity index (χ2v) is 8.39. The van der Waals surface area contributed by atoms with Crippen LogP contribution in [0.3, 0.4) is 0 Å². The van der Waals surface area contributed by atoms with E-state index in [1.165, 1.54) is 17.7 Å². The zero-order valence-electron chi connectivity index (χ0n) is 17.9. The van der Waals surface area contributed by atoms with Gasteiger partial charge >= 0.3 is 0 Å². The summed E-state index contributed by atoms with van der Waals surface area (Å²) in [6, 6.07) is 9.10. The summed E-state index contributed by atoms with van der Waals surface area (Å²) < 4.78 is 0. The Morgan fingerprint density at radius 1 is 1.14 bits per heavy atom. The van der Waals surface area contributed by atoms with Gasteiger partial charge in [-0.1, -0.05) is 25.1 Å². The number of aryl methyl sites for hydroxylation is 2. The fraction of sp³-hybridized carbons (Fsp3) is 0.565. The van der Waals surface area contributed by atoms with Gasteiger partial charge in [0.15, 0.2) is 5.69 Å². The maximum atomic E-state index is 13.1. The van der Waals surface area contributed by atoms with Crippen molar-refractivity contribution in [2.45, 2.75) is 46.1 Å². The van der Waals surface area contributed by atoms with E-state index in [1.54, 1.807) is 0 Å². The number of likely N-dealkylation sites (tertiary alicyclic amines) is 1. The summed E-state index contributed by atoms with van der Waals surface area (Å²) in [7, 11) is 0. The number of H-pyrrole nitrogens is 1. The van der Waals surface area contributed by atoms with Crippen LogP contribution in [-0.4, -0.2) is 71.2 Å². The number of aromatic nitrogens is 2. The highest BCUT2D eigenvalue weighted by atomic mass is 16.2. The number of aromatic amines is 1. The number of piperazine rings is 1. The summed E-state index contributed by atoms with van der Waals surface area (Å²) in [6.07, 6.45) is 3.12. The molecule has 1 N–H and O–H groups in total. The number of para-hydroxylation sites is 1. The fourth-order valence-corrected chi connectivity index (χ4v) is 4.82. The molecule has 6 heteroatoms. The minimum Gasteiger partial charge on any atom is -0.369 e. The average Bonchev–Trinajstić information content (AvgIpc) is 3.14. The Balaban J connectivity index is 1.37. The molecule has 0 radical (unpaired) electrons. The van der Waals surface area contributed by atoms with E-state index in [-0.39, 0.29) is 5.91 Å². The summed E-state index contributed by atoms with van der Waals surface area (Å²) >= 11 is 0. The van der Waals surface area contributed by atoms with E-state index in [2.05, 4.69) is 58.1 Å². The van der Waals surface area contributed by atoms with Crippen LogP contribution in [0.25, 0.3) is 0 Å². The van der Waals surface area contributed by atoms with Gasteiger partial charge in [-0.25, -0.2) is 0 Å². The number of nitrogens with one attached hydrogen (secondary N) is 1. The van der Waals surface area contributed by atoms with Crippen molar-refractivity contribution in [1.29, 1.82) is 0 Å². The van der Waals surface area contributed by atoms with Gasteiger partial charge in [0, 0.05) is 62.3 Å². The van der Waals surface area contributed by atoms with Crippen molar-refractivity contribution in [2.75, 3.05) is 44.2 Å². The van der Waals surface area contributed by atoms with Crippen molar-refractivity contribution in [3.05, 3.63) is 46.8 Å². The van der Waals surface area contributed by atoms with Crippen molar-refractivity contribution in [3.63, 3.8) is 0 Å². The molecule has 1 aromatic heterocycles. The van der Waals surface area contributed by atoms with Gasteiger partial charge < -0.3 is 9.80 Å². The number of piperidine rings is 1. The van der Waals surface area contributed by atoms with Crippen molar-refractivity contribution in [3.8, 4) is 0 Å². The quantitative estimate of drug-likeness (QED) is 0.865. The highest BCUT2D eigenvalue weighted by Gasteiger charge is 2.32. The number of carbonyl (C=O) groups is 1. The molecule has 29 heavy (non-hydrogen) atoms. The molecule has 6 nitrogen and oxygen atoms in total. The highest BCUT2D eigenvalue weighted by Crippen LogP contribution is 2.24. The van der Waals surface area contributed by atoms with Crippen LogP contribution in [0.2, 0.25) is 0 Å². The topological polar surface area (TPSA) is 55.5 Å². The van der Waals surface area contributed by atoms with E-state index < -0.39 is 0 Å². The average molecular weight is 396 g/mol. The van der Waals surface area contributed by atoms with Gasteiger partial charge in [-0.3, -0.25) is 14.8 Å². The summed E-state index contributed by atoms with van der Waals surface area (Å²) in [5.41, 5.74) is 5.37. The number of amides is 1. The summed E-state index contributed by atoms with van der Waals surface area (Å²) in [5.74, 6) is 0.0849. The lowest BCUT2D eigenvalue weighted by molar-refractivity contribution is 0.0557. The zero-order chi connectivity index (χ0) is 20.4. The lowest BCUT2D eigenvalue weighted by Gasteiger charge is -2.44. The lowest BCUT2D eigenvalue weighted by atomic mass is 10.0. The van der Waals surface area contributed by atoms with Crippen molar-refractivity contribution in [1.82, 2.24) is 20.0 Å². The molecule has 2 aliphatic rings. The van der Waals surface area contributed by atoms with Crippen LogP contribution in [-0.2, 0) is 6.42 Å². The molecule has 2 aliphatic heterocycles. The molecule has 2 aromatic rings. The third-order valence-corrected chi connectivity index (χ3v) is 6.64. The van der Waals surface area contributed by atoms with Gasteiger partial charge in [0.05, 0.1) is 0 Å². The smallest absolute Gasteiger partial charge is 0.274 e. The van der Waals surface area contributed by atoms with Gasteiger partial charge in [0.25, 0.3) is 5.91 Å². The van der Waals surface area contributed by atoms with E-state index in [0.29, 0.717) is 11.7 Å². The molecule has 2 fully saturated rings. The predicted molar refractivity (Wildman–Crippen MR) is 117 cm³/mol. The number of nitrogens with zero attached hydrogens (tertiary/aromatic N) is 4. The SMILES string of the molecule is CCc1[nH]nc(C(=O)N2CCC[C@@H](N3CCN(c4ccccc4C)CC3)C2)c1C. The number of benzene rings is 1. The van der Waals surface area contributed by atoms with E-state index in [0.717, 1.165) is 63.4 Å². The third kappa shape index (κ3) is 4.04. The number of rotatable bonds is 4. The van der Waals surface area contributed by atoms with Crippen molar-refractivity contribution < 1.29 is 4.79 Å². The molecule has 0 saturated carbocycles. The first-order chi connectivity index (χ1) is 14.1. The molecule has 4 rings (SSSR count). The van der Waals surface area contributed by atoms with Crippen LogP contribution in [0, 0.1) is 13.8 Å². The lowest BCUT2D eigenvalue weighted by Crippen LogP contribution is -2.56. The fourth-order valence-electron chi connectivity index (χ4n) is 4.82. The van der Waals surface area contributed by atoms with Crippen LogP contribution in [0.5, 0.6) is 0 Å². The Kier molecular flexibility index (Phi) is 5.90. The van der Waals surface area contributed by atoms with E-state index in [1.807, 2.05) is 11.8 Å². The molecule has 0 aliphatic carbocycles. The molecular formula is C23H33N5O. The first kappa shape index (κ1) is 20.0. The Morgan fingerprint density at radius 2 is 1.90 bits per heavy atom. The molecule has 0 bridgehead atoms. The van der Waals surface area contributed by atoms with Gasteiger partial charge in [-0.15, -0.1) is 0 Å². The van der Waals surface area contributed by atoms with Gasteiger partial charge in [0.2, 0.25) is 0 Å². The molecule has 0 unspecified atom stereocenters. The van der Waals surface area contributed by atoms with Gasteiger partial charge in [-0.05, 0) is 44.7 Å². The largest absolute Gasteiger partial charge is 0.369 e. The highest BCUT2D eigenvalue weighted by molar-refractivity contribution is 5.94. The Labute approximate surface area is 173 Å². The molecule has 3 heterocycles. The Hall–Kier alpha value is -2.34. The molecule has 1 aromatic carbocycles. The van der Waals surface area contributed by atoms with Crippen molar-refractivity contribution >= 4 is 11.6 Å². The Morgan fingerprint density at radius 3 is 2.59 bits per heavy atom. The monoisotopic (exact) mass is 395 g/mol. The predicted octanol–water partition coefficient (Wildman–Crippen LogP) is 3.02. The van der Waals surface area contributed by atoms with E-state index in [9.17, 15) is 4.79 Å². The maximum Gasteiger partial charge on any atom is 0.274 e. The number of hydrogen-bond donors (Lipinski definition) is 1. The number of anilines is 1. The van der Waals surface area contributed by atoms with Gasteiger partial charge in [0.1, 0.15) is 0 Å². The van der Waals surface area contributed by atoms with E-state index in [4.69, 9.17) is 0 Å². The van der Waals surface area contributed by atoms with Crippen molar-refractivity contribution in [2.24, 2.45) is 0 Å². The molecule has 156 valence electrons. The normalized spacial score (nSPS) is 20.9. The minimum atomic E-state index is 0.0849. The van der Waals surface area contributed by atoms with Crippen LogP contribution in [0.4, 0.5) is 5.69 Å². The number of hydrogen-bond acceptors (Lipinski definition) is 4. The van der Waals surface area contributed by atoms with Crippen LogP contribution in [0.15, 0.2) is 24.3 Å². The third-order valence-electron chi connectivity index (χ3n) is 6.64. The zero-order valence-corrected chi connectivity index (χ0v) is 17.9. The molecular weight excluding hydrogens is 362 g/mol. The first-order valence-corrected chi connectivity index (χ1v) is 11.0. The molecule has 1 atom stereocenters. The number of carbonyl (C=O) groups excluding carboxylic acids is 1. The van der Waals surface area contributed by atoms with E-state index >= 15 is 0 Å². The summed E-state index contributed by atoms with van der Waals surface area (Å²) in [5, 5.41) is 7.34. The summed E-state index contributed by atoms with van der Waals surface area (Å²) in [6.45, 7) is 12.1. The van der Waals surface area contributed by atoms with Crippen LogP contribution in [0.1, 0.15) is 47.1 Å². The van der Waals surface area contributed by atoms with Gasteiger partial charge in [-0.2, -0.15) is 5.10 Å². The Bertz CT molecular complexity index is 853. The van der Waals surface area contributed by atoms with Crippen LogP contribution < -0.4 is 4.90 Å². The standard InChI is InChI=1S/C23H33N5O/c1-4-20-18(3)22(25-24-20)23(29)28-11-7-9-19(16-28)26-12-14-27(15-13-26)21-10-6-5-8-17(21)2/h5-6,8,10,19H,4,7,9,11-16H2,1-3H3,(H,24,25)/t19-/m1/s1. The molecule has 0 spiro atoms. The maximum absolute atomic E-state index is 13.1. The second kappa shape index (κ2) is 8.57. The molecule has 1 amide bonds. The molecule has 2 saturated heterocycles. The first-order valence-electron chi connectivity index (χ1n) is 11.0. The van der Waals surface area contributed by atoms with Crippen LogP contribution >= 0.6 is 0 Å².